The maximum atomic E-state index is 13.4. The second kappa shape index (κ2) is 11.6. The molecule has 0 bridgehead atoms. The van der Waals surface area contributed by atoms with Crippen LogP contribution in [-0.4, -0.2) is 65.3 Å². The van der Waals surface area contributed by atoms with Crippen LogP contribution in [0.1, 0.15) is 29.8 Å². The van der Waals surface area contributed by atoms with E-state index in [-0.39, 0.29) is 22.1 Å². The number of rotatable bonds is 10. The Bertz CT molecular complexity index is 1240. The first-order valence-corrected chi connectivity index (χ1v) is 13.9. The van der Waals surface area contributed by atoms with Crippen LogP contribution >= 0.6 is 23.4 Å². The maximum absolute atomic E-state index is 13.4. The SMILES string of the molecule is C[C@H](N[C@@H](CCc1ccccc1)C(=O)O)C(=O)N1C(c2ccc(Cl)c(S(N)(=O)=O)c2)SC[C@H]1C(=O)O. The van der Waals surface area contributed by atoms with E-state index in [0.29, 0.717) is 12.0 Å². The number of hydrogen-bond donors (Lipinski definition) is 4. The molecule has 0 spiro atoms. The van der Waals surface area contributed by atoms with E-state index in [1.165, 1.54) is 25.1 Å². The summed E-state index contributed by atoms with van der Waals surface area (Å²) in [4.78, 5) is 38.0. The molecule has 36 heavy (non-hydrogen) atoms. The van der Waals surface area contributed by atoms with E-state index in [4.69, 9.17) is 16.7 Å². The lowest BCUT2D eigenvalue weighted by molar-refractivity contribution is -0.150. The first kappa shape index (κ1) is 27.9. The molecule has 1 aliphatic heterocycles. The van der Waals surface area contributed by atoms with E-state index in [9.17, 15) is 33.0 Å². The lowest BCUT2D eigenvalue weighted by Crippen LogP contribution is -2.53. The number of nitrogens with zero attached hydrogens (tertiary/aromatic N) is 1. The summed E-state index contributed by atoms with van der Waals surface area (Å²) in [5, 5.41) is 26.5. The Morgan fingerprint density at radius 2 is 1.86 bits per heavy atom. The monoisotopic (exact) mass is 555 g/mol. The van der Waals surface area contributed by atoms with E-state index in [2.05, 4.69) is 5.32 Å². The smallest absolute Gasteiger partial charge is 0.327 e. The molecule has 194 valence electrons. The molecule has 1 aliphatic rings. The number of aryl methyl sites for hydroxylation is 1. The number of aliphatic carboxylic acids is 2. The summed E-state index contributed by atoms with van der Waals surface area (Å²) in [5.74, 6) is -2.94. The van der Waals surface area contributed by atoms with Gasteiger partial charge in [0.05, 0.1) is 11.1 Å². The van der Waals surface area contributed by atoms with E-state index in [0.717, 1.165) is 22.2 Å². The summed E-state index contributed by atoms with van der Waals surface area (Å²) >= 11 is 7.12. The average molecular weight is 556 g/mol. The van der Waals surface area contributed by atoms with Crippen LogP contribution in [0, 0.1) is 0 Å². The van der Waals surface area contributed by atoms with Crippen LogP contribution in [0.4, 0.5) is 0 Å². The molecule has 10 nitrogen and oxygen atoms in total. The van der Waals surface area contributed by atoms with Crippen molar-refractivity contribution in [2.45, 2.75) is 48.2 Å². The van der Waals surface area contributed by atoms with Gasteiger partial charge in [0.1, 0.15) is 22.4 Å². The number of carboxylic acid groups (broad SMARTS) is 2. The number of nitrogens with one attached hydrogen (secondary N) is 1. The van der Waals surface area contributed by atoms with E-state index in [1.807, 2.05) is 30.3 Å². The lowest BCUT2D eigenvalue weighted by atomic mass is 10.0. The molecule has 1 fully saturated rings. The summed E-state index contributed by atoms with van der Waals surface area (Å²) in [5.41, 5.74) is 1.27. The van der Waals surface area contributed by atoms with Crippen LogP contribution in [0.5, 0.6) is 0 Å². The first-order chi connectivity index (χ1) is 16.9. The van der Waals surface area contributed by atoms with Gasteiger partial charge in [-0.15, -0.1) is 11.8 Å². The minimum absolute atomic E-state index is 0.0577. The van der Waals surface area contributed by atoms with Crippen molar-refractivity contribution in [3.8, 4) is 0 Å². The predicted molar refractivity (Wildman–Crippen MR) is 135 cm³/mol. The van der Waals surface area contributed by atoms with E-state index < -0.39 is 51.4 Å². The number of carbonyl (C=O) groups excluding carboxylic acids is 1. The minimum atomic E-state index is -4.16. The molecule has 13 heteroatoms. The molecule has 0 saturated carbocycles. The molecule has 4 atom stereocenters. The molecule has 2 aromatic carbocycles. The van der Waals surface area contributed by atoms with Gasteiger partial charge in [0.15, 0.2) is 0 Å². The summed E-state index contributed by atoms with van der Waals surface area (Å²) < 4.78 is 23.8. The fraction of sp³-hybridized carbons (Fsp3) is 0.348. The number of hydrogen-bond acceptors (Lipinski definition) is 7. The molecule has 3 rings (SSSR count). The summed E-state index contributed by atoms with van der Waals surface area (Å²) in [6.07, 6.45) is 0.680. The molecule has 1 unspecified atom stereocenters. The third kappa shape index (κ3) is 6.56. The van der Waals surface area contributed by atoms with Gasteiger partial charge in [0.2, 0.25) is 15.9 Å². The normalized spacial score (nSPS) is 19.6. The Labute approximate surface area is 217 Å². The third-order valence-electron chi connectivity index (χ3n) is 5.77. The number of thioether (sulfide) groups is 1. The molecule has 1 amide bonds. The van der Waals surface area contributed by atoms with Crippen LogP contribution < -0.4 is 10.5 Å². The highest BCUT2D eigenvalue weighted by Gasteiger charge is 2.44. The maximum Gasteiger partial charge on any atom is 0.327 e. The molecule has 1 saturated heterocycles. The molecule has 0 aromatic heterocycles. The van der Waals surface area contributed by atoms with Crippen molar-refractivity contribution in [1.29, 1.82) is 0 Å². The zero-order valence-electron chi connectivity index (χ0n) is 19.2. The van der Waals surface area contributed by atoms with Gasteiger partial charge in [-0.3, -0.25) is 14.9 Å². The van der Waals surface area contributed by atoms with Crippen molar-refractivity contribution in [1.82, 2.24) is 10.2 Å². The average Bonchev–Trinajstić information content (AvgIpc) is 3.26. The lowest BCUT2D eigenvalue weighted by Gasteiger charge is -2.31. The Balaban J connectivity index is 1.84. The zero-order valence-corrected chi connectivity index (χ0v) is 21.6. The standard InChI is InChI=1S/C23H26ClN3O7S2/c1-13(26-17(22(29)30)10-7-14-5-3-2-4-6-14)20(28)27-18(23(31)32)12-35-21(27)15-8-9-16(24)19(11-15)36(25,33)34/h2-6,8-9,11,13,17-18,21,26H,7,10,12H2,1H3,(H,29,30)(H,31,32)(H2,25,33,34)/t13-,17-,18-,21?/m0/s1. The van der Waals surface area contributed by atoms with Crippen LogP contribution in [0.15, 0.2) is 53.4 Å². The quantitative estimate of drug-likeness (QED) is 0.343. The number of carboxylic acids is 2. The van der Waals surface area contributed by atoms with Crippen LogP contribution in [-0.2, 0) is 30.8 Å². The first-order valence-electron chi connectivity index (χ1n) is 10.9. The van der Waals surface area contributed by atoms with Crippen molar-refractivity contribution in [2.75, 3.05) is 5.75 Å². The molecule has 0 radical (unpaired) electrons. The molecule has 5 N–H and O–H groups in total. The van der Waals surface area contributed by atoms with Gasteiger partial charge in [-0.1, -0.05) is 48.0 Å². The number of sulfonamides is 1. The van der Waals surface area contributed by atoms with Crippen molar-refractivity contribution >= 4 is 51.2 Å². The Morgan fingerprint density at radius 3 is 2.44 bits per heavy atom. The summed E-state index contributed by atoms with van der Waals surface area (Å²) in [7, 11) is -4.16. The van der Waals surface area contributed by atoms with Gasteiger partial charge in [0.25, 0.3) is 0 Å². The van der Waals surface area contributed by atoms with Crippen molar-refractivity contribution in [3.63, 3.8) is 0 Å². The Hall–Kier alpha value is -2.64. The van der Waals surface area contributed by atoms with Gasteiger partial charge in [-0.25, -0.2) is 18.4 Å². The van der Waals surface area contributed by atoms with Crippen molar-refractivity contribution in [3.05, 3.63) is 64.7 Å². The van der Waals surface area contributed by atoms with Crippen LogP contribution in [0.2, 0.25) is 5.02 Å². The second-order valence-corrected chi connectivity index (χ2v) is 11.4. The van der Waals surface area contributed by atoms with Gasteiger partial charge < -0.3 is 15.1 Å². The number of primary sulfonamides is 1. The number of benzene rings is 2. The Morgan fingerprint density at radius 1 is 1.19 bits per heavy atom. The highest BCUT2D eigenvalue weighted by Crippen LogP contribution is 2.43. The fourth-order valence-corrected chi connectivity index (χ4v) is 6.44. The minimum Gasteiger partial charge on any atom is -0.480 e. The largest absolute Gasteiger partial charge is 0.480 e. The molecule has 0 aliphatic carbocycles. The molecular weight excluding hydrogens is 530 g/mol. The fourth-order valence-electron chi connectivity index (χ4n) is 3.94. The van der Waals surface area contributed by atoms with Crippen molar-refractivity contribution < 1.29 is 33.0 Å². The Kier molecular flexibility index (Phi) is 9.01. The highest BCUT2D eigenvalue weighted by molar-refractivity contribution is 7.99. The van der Waals surface area contributed by atoms with Gasteiger partial charge in [0, 0.05) is 5.75 Å². The number of carbonyl (C=O) groups is 3. The summed E-state index contributed by atoms with van der Waals surface area (Å²) in [6, 6.07) is 10.1. The number of halogens is 1. The molecular formula is C23H26ClN3O7S2. The van der Waals surface area contributed by atoms with E-state index in [1.54, 1.807) is 0 Å². The van der Waals surface area contributed by atoms with Gasteiger partial charge in [-0.2, -0.15) is 0 Å². The molecule has 2 aromatic rings. The highest BCUT2D eigenvalue weighted by atomic mass is 35.5. The van der Waals surface area contributed by atoms with E-state index >= 15 is 0 Å². The van der Waals surface area contributed by atoms with Crippen LogP contribution in [0.25, 0.3) is 0 Å². The predicted octanol–water partition coefficient (Wildman–Crippen LogP) is 2.08. The summed E-state index contributed by atoms with van der Waals surface area (Å²) in [6.45, 7) is 1.47. The topological polar surface area (TPSA) is 167 Å². The molecule has 1 heterocycles. The van der Waals surface area contributed by atoms with Crippen molar-refractivity contribution in [2.24, 2.45) is 5.14 Å². The van der Waals surface area contributed by atoms with Gasteiger partial charge in [-0.05, 0) is 43.0 Å². The third-order valence-corrected chi connectivity index (χ3v) is 8.49. The zero-order chi connectivity index (χ0) is 26.6. The second-order valence-electron chi connectivity index (χ2n) is 8.32. The van der Waals surface area contributed by atoms with Crippen LogP contribution in [0.3, 0.4) is 0 Å². The van der Waals surface area contributed by atoms with Gasteiger partial charge >= 0.3 is 11.9 Å². The number of amides is 1. The number of nitrogens with two attached hydrogens (primary N) is 1.